The molecule has 6 nitrogen and oxygen atoms in total. The molecule has 0 aliphatic carbocycles. The van der Waals surface area contributed by atoms with Crippen LogP contribution < -0.4 is 0 Å². The molecule has 0 aliphatic heterocycles. The fraction of sp³-hybridized carbons (Fsp3) is 0.0769. The van der Waals surface area contributed by atoms with Crippen LogP contribution in [0.2, 0.25) is 0 Å². The maximum Gasteiger partial charge on any atom is 0.214 e. The van der Waals surface area contributed by atoms with Crippen molar-refractivity contribution in [2.24, 2.45) is 0 Å². The molecule has 8 heteroatoms. The first-order valence-corrected chi connectivity index (χ1v) is 7.95. The van der Waals surface area contributed by atoms with E-state index in [0.29, 0.717) is 12.4 Å². The van der Waals surface area contributed by atoms with Gasteiger partial charge < -0.3 is 4.52 Å². The van der Waals surface area contributed by atoms with Crippen molar-refractivity contribution in [1.82, 2.24) is 25.4 Å². The quantitative estimate of drug-likeness (QED) is 0.578. The third-order valence-electron chi connectivity index (χ3n) is 2.82. The van der Waals surface area contributed by atoms with Gasteiger partial charge in [-0.15, -0.1) is 32.9 Å². The minimum absolute atomic E-state index is 0.438. The summed E-state index contributed by atoms with van der Waals surface area (Å²) in [6, 6.07) is 9.81. The van der Waals surface area contributed by atoms with Crippen molar-refractivity contribution in [2.45, 2.75) is 6.54 Å². The Morgan fingerprint density at radius 3 is 2.67 bits per heavy atom. The van der Waals surface area contributed by atoms with Crippen LogP contribution in [-0.4, -0.2) is 25.4 Å². The van der Waals surface area contributed by atoms with E-state index in [2.05, 4.69) is 20.6 Å². The van der Waals surface area contributed by atoms with Crippen LogP contribution in [0.4, 0.5) is 0 Å². The second kappa shape index (κ2) is 5.23. The lowest BCUT2D eigenvalue weighted by Gasteiger charge is -1.91. The van der Waals surface area contributed by atoms with Crippen molar-refractivity contribution in [3.05, 3.63) is 46.8 Å². The summed E-state index contributed by atoms with van der Waals surface area (Å²) in [5, 5.41) is 20.5. The van der Waals surface area contributed by atoms with Crippen molar-refractivity contribution in [3.8, 4) is 21.3 Å². The summed E-state index contributed by atoms with van der Waals surface area (Å²) in [6.07, 6.45) is 0. The molecule has 0 amide bonds. The number of tetrazole rings is 1. The third kappa shape index (κ3) is 2.50. The molecule has 4 heterocycles. The van der Waals surface area contributed by atoms with Gasteiger partial charge in [0.25, 0.3) is 0 Å². The van der Waals surface area contributed by atoms with Gasteiger partial charge in [0.2, 0.25) is 5.82 Å². The van der Waals surface area contributed by atoms with Crippen LogP contribution in [0.3, 0.4) is 0 Å². The summed E-state index contributed by atoms with van der Waals surface area (Å²) < 4.78 is 5.33. The van der Waals surface area contributed by atoms with Gasteiger partial charge >= 0.3 is 0 Å². The Hall–Kier alpha value is -2.32. The van der Waals surface area contributed by atoms with Gasteiger partial charge in [-0.2, -0.15) is 4.80 Å². The zero-order valence-electron chi connectivity index (χ0n) is 10.7. The van der Waals surface area contributed by atoms with Crippen LogP contribution in [0.1, 0.15) is 5.69 Å². The van der Waals surface area contributed by atoms with Crippen molar-refractivity contribution >= 4 is 22.7 Å². The van der Waals surface area contributed by atoms with E-state index in [9.17, 15) is 0 Å². The van der Waals surface area contributed by atoms with Crippen molar-refractivity contribution < 1.29 is 4.52 Å². The van der Waals surface area contributed by atoms with Crippen LogP contribution in [0.15, 0.2) is 45.6 Å². The standard InChI is InChI=1S/C13H9N5OS2/c1-3-11(20-5-1)10-7-9(16-19-10)8-18-15-13(14-17-18)12-4-2-6-21-12/h1-7H,8H2. The fourth-order valence-corrected chi connectivity index (χ4v) is 3.20. The highest BCUT2D eigenvalue weighted by atomic mass is 32.1. The highest BCUT2D eigenvalue weighted by Crippen LogP contribution is 2.25. The van der Waals surface area contributed by atoms with E-state index in [1.165, 1.54) is 4.80 Å². The Morgan fingerprint density at radius 1 is 1.10 bits per heavy atom. The first-order chi connectivity index (χ1) is 10.4. The first-order valence-electron chi connectivity index (χ1n) is 6.19. The van der Waals surface area contributed by atoms with Gasteiger partial charge in [-0.3, -0.25) is 0 Å². The average molecular weight is 315 g/mol. The zero-order chi connectivity index (χ0) is 14.1. The number of nitrogens with zero attached hydrogens (tertiary/aromatic N) is 5. The molecule has 0 unspecified atom stereocenters. The molecule has 0 aliphatic rings. The third-order valence-corrected chi connectivity index (χ3v) is 4.57. The molecule has 0 bridgehead atoms. The monoisotopic (exact) mass is 315 g/mol. The lowest BCUT2D eigenvalue weighted by atomic mass is 10.3. The van der Waals surface area contributed by atoms with Crippen LogP contribution in [0.25, 0.3) is 21.3 Å². The molecule has 104 valence electrons. The molecule has 0 atom stereocenters. The van der Waals surface area contributed by atoms with Crippen molar-refractivity contribution in [1.29, 1.82) is 0 Å². The lowest BCUT2D eigenvalue weighted by molar-refractivity contribution is 0.416. The lowest BCUT2D eigenvalue weighted by Crippen LogP contribution is -2.04. The van der Waals surface area contributed by atoms with E-state index < -0.39 is 0 Å². The molecule has 0 radical (unpaired) electrons. The van der Waals surface area contributed by atoms with Gasteiger partial charge in [0.15, 0.2) is 5.76 Å². The molecule has 0 spiro atoms. The molecule has 21 heavy (non-hydrogen) atoms. The van der Waals surface area contributed by atoms with Crippen molar-refractivity contribution in [3.63, 3.8) is 0 Å². The maximum atomic E-state index is 5.33. The van der Waals surface area contributed by atoms with E-state index in [0.717, 1.165) is 21.2 Å². The molecule has 4 aromatic heterocycles. The predicted octanol–water partition coefficient (Wildman–Crippen LogP) is 3.17. The Balaban J connectivity index is 1.54. The highest BCUT2D eigenvalue weighted by molar-refractivity contribution is 7.13. The summed E-state index contributed by atoms with van der Waals surface area (Å²) in [5.74, 6) is 1.39. The summed E-state index contributed by atoms with van der Waals surface area (Å²) in [5.41, 5.74) is 0.772. The van der Waals surface area contributed by atoms with Crippen LogP contribution in [-0.2, 0) is 6.54 Å². The molecular weight excluding hydrogens is 306 g/mol. The normalized spacial score (nSPS) is 11.0. The Bertz CT molecular complexity index is 761. The maximum absolute atomic E-state index is 5.33. The van der Waals surface area contributed by atoms with Gasteiger partial charge in [0, 0.05) is 6.07 Å². The molecule has 0 saturated heterocycles. The zero-order valence-corrected chi connectivity index (χ0v) is 12.3. The van der Waals surface area contributed by atoms with E-state index in [4.69, 9.17) is 4.52 Å². The molecule has 0 N–H and O–H groups in total. The van der Waals surface area contributed by atoms with Gasteiger partial charge in [-0.05, 0) is 28.1 Å². The number of rotatable bonds is 4. The van der Waals surface area contributed by atoms with E-state index in [-0.39, 0.29) is 0 Å². The van der Waals surface area contributed by atoms with E-state index in [1.807, 2.05) is 41.1 Å². The summed E-state index contributed by atoms with van der Waals surface area (Å²) in [4.78, 5) is 3.57. The number of aromatic nitrogens is 5. The molecule has 4 rings (SSSR count). The molecule has 4 aromatic rings. The Labute approximate surface area is 127 Å². The summed E-state index contributed by atoms with van der Waals surface area (Å²) in [6.45, 7) is 0.438. The minimum atomic E-state index is 0.438. The van der Waals surface area contributed by atoms with Gasteiger partial charge in [-0.1, -0.05) is 17.3 Å². The predicted molar refractivity (Wildman–Crippen MR) is 80.0 cm³/mol. The smallest absolute Gasteiger partial charge is 0.214 e. The average Bonchev–Trinajstić information content (AvgIpc) is 3.28. The van der Waals surface area contributed by atoms with Gasteiger partial charge in [0.1, 0.15) is 12.2 Å². The number of hydrogen-bond acceptors (Lipinski definition) is 7. The van der Waals surface area contributed by atoms with E-state index >= 15 is 0 Å². The second-order valence-electron chi connectivity index (χ2n) is 4.28. The summed E-state index contributed by atoms with van der Waals surface area (Å²) in [7, 11) is 0. The van der Waals surface area contributed by atoms with Gasteiger partial charge in [-0.25, -0.2) is 0 Å². The van der Waals surface area contributed by atoms with Gasteiger partial charge in [0.05, 0.1) is 9.75 Å². The molecule has 0 saturated carbocycles. The fourth-order valence-electron chi connectivity index (χ4n) is 1.88. The molecule has 0 aromatic carbocycles. The summed E-state index contributed by atoms with van der Waals surface area (Å²) >= 11 is 3.20. The van der Waals surface area contributed by atoms with Crippen LogP contribution in [0.5, 0.6) is 0 Å². The minimum Gasteiger partial charge on any atom is -0.355 e. The number of hydrogen-bond donors (Lipinski definition) is 0. The molecular formula is C13H9N5OS2. The second-order valence-corrected chi connectivity index (χ2v) is 6.18. The van der Waals surface area contributed by atoms with Crippen LogP contribution in [0, 0.1) is 0 Å². The SMILES string of the molecule is c1csc(-c2nnn(Cc3cc(-c4cccs4)on3)n2)c1. The molecule has 0 fully saturated rings. The number of thiophene rings is 2. The van der Waals surface area contributed by atoms with Crippen molar-refractivity contribution in [2.75, 3.05) is 0 Å². The topological polar surface area (TPSA) is 69.6 Å². The van der Waals surface area contributed by atoms with E-state index in [1.54, 1.807) is 22.7 Å². The largest absolute Gasteiger partial charge is 0.355 e. The Kier molecular flexibility index (Phi) is 3.09. The van der Waals surface area contributed by atoms with Crippen LogP contribution >= 0.6 is 22.7 Å². The Morgan fingerprint density at radius 2 is 1.90 bits per heavy atom. The first kappa shape index (κ1) is 12.4. The highest BCUT2D eigenvalue weighted by Gasteiger charge is 2.11.